The molecule has 0 saturated heterocycles. The predicted molar refractivity (Wildman–Crippen MR) is 107 cm³/mol. The van der Waals surface area contributed by atoms with E-state index in [1.165, 1.54) is 12.1 Å². The number of amides is 1. The van der Waals surface area contributed by atoms with Crippen LogP contribution in [-0.4, -0.2) is 34.5 Å². The van der Waals surface area contributed by atoms with Crippen LogP contribution in [0.3, 0.4) is 0 Å². The summed E-state index contributed by atoms with van der Waals surface area (Å²) in [5, 5.41) is 3.03. The van der Waals surface area contributed by atoms with E-state index in [2.05, 4.69) is 20.0 Å². The van der Waals surface area contributed by atoms with Crippen LogP contribution in [0.25, 0.3) is 11.0 Å². The first kappa shape index (κ1) is 20.1. The number of aromatic amines is 1. The van der Waals surface area contributed by atoms with Gasteiger partial charge in [0.2, 0.25) is 5.91 Å². The van der Waals surface area contributed by atoms with Crippen molar-refractivity contribution in [3.05, 3.63) is 59.9 Å². The number of ether oxygens (including phenoxy) is 1. The molecule has 0 unspecified atom stereocenters. The van der Waals surface area contributed by atoms with E-state index in [1.54, 1.807) is 23.9 Å². The molecule has 148 valence electrons. The summed E-state index contributed by atoms with van der Waals surface area (Å²) >= 11 is 1.70. The minimum absolute atomic E-state index is 0.0688. The largest absolute Gasteiger partial charge is 0.435 e. The van der Waals surface area contributed by atoms with E-state index in [0.29, 0.717) is 5.56 Å². The molecule has 0 saturated carbocycles. The second-order valence-corrected chi connectivity index (χ2v) is 7.23. The van der Waals surface area contributed by atoms with Gasteiger partial charge in [0, 0.05) is 0 Å². The van der Waals surface area contributed by atoms with Gasteiger partial charge in [0.25, 0.3) is 0 Å². The van der Waals surface area contributed by atoms with Crippen molar-refractivity contribution in [2.24, 2.45) is 0 Å². The fourth-order valence-electron chi connectivity index (χ4n) is 2.87. The number of benzene rings is 2. The molecule has 28 heavy (non-hydrogen) atoms. The maximum absolute atomic E-state index is 12.5. The highest BCUT2D eigenvalue weighted by Gasteiger charge is 2.18. The molecule has 1 atom stereocenters. The van der Waals surface area contributed by atoms with E-state index < -0.39 is 6.61 Å². The molecule has 2 aromatic carbocycles. The van der Waals surface area contributed by atoms with Crippen LogP contribution >= 0.6 is 11.8 Å². The maximum Gasteiger partial charge on any atom is 0.387 e. The molecule has 0 aliphatic heterocycles. The van der Waals surface area contributed by atoms with Gasteiger partial charge in [-0.05, 0) is 48.3 Å². The van der Waals surface area contributed by atoms with Crippen molar-refractivity contribution < 1.29 is 18.3 Å². The number of hydrogen-bond donors (Lipinski definition) is 2. The second kappa shape index (κ2) is 9.54. The van der Waals surface area contributed by atoms with Crippen molar-refractivity contribution in [2.45, 2.75) is 25.5 Å². The molecule has 0 radical (unpaired) electrons. The number of fused-ring (bicyclic) bond motifs is 1. The van der Waals surface area contributed by atoms with Gasteiger partial charge in [0.05, 0.1) is 23.5 Å². The predicted octanol–water partition coefficient (Wildman–Crippen LogP) is 4.32. The first-order valence-electron chi connectivity index (χ1n) is 8.82. The zero-order valence-corrected chi connectivity index (χ0v) is 16.1. The summed E-state index contributed by atoms with van der Waals surface area (Å²) in [6.07, 6.45) is 2.90. The van der Waals surface area contributed by atoms with E-state index in [1.807, 2.05) is 30.5 Å². The second-order valence-electron chi connectivity index (χ2n) is 6.24. The Morgan fingerprint density at radius 1 is 1.21 bits per heavy atom. The number of halogens is 2. The molecule has 5 nitrogen and oxygen atoms in total. The van der Waals surface area contributed by atoms with Crippen LogP contribution in [0.5, 0.6) is 5.75 Å². The third-order valence-corrected chi connectivity index (χ3v) is 4.84. The lowest BCUT2D eigenvalue weighted by Gasteiger charge is -2.16. The zero-order valence-electron chi connectivity index (χ0n) is 15.3. The van der Waals surface area contributed by atoms with Crippen LogP contribution in [0.4, 0.5) is 8.78 Å². The molecule has 8 heteroatoms. The topological polar surface area (TPSA) is 67.0 Å². The van der Waals surface area contributed by atoms with Gasteiger partial charge >= 0.3 is 6.61 Å². The van der Waals surface area contributed by atoms with E-state index >= 15 is 0 Å². The number of thioether (sulfide) groups is 1. The summed E-state index contributed by atoms with van der Waals surface area (Å²) in [6.45, 7) is -2.87. The Morgan fingerprint density at radius 2 is 1.96 bits per heavy atom. The van der Waals surface area contributed by atoms with E-state index in [0.717, 1.165) is 29.0 Å². The Hall–Kier alpha value is -2.61. The number of nitrogens with one attached hydrogen (secondary N) is 2. The van der Waals surface area contributed by atoms with Gasteiger partial charge in [0.15, 0.2) is 0 Å². The quantitative estimate of drug-likeness (QED) is 0.557. The zero-order chi connectivity index (χ0) is 19.9. The monoisotopic (exact) mass is 405 g/mol. The highest BCUT2D eigenvalue weighted by atomic mass is 32.2. The van der Waals surface area contributed by atoms with E-state index in [-0.39, 0.29) is 24.1 Å². The van der Waals surface area contributed by atoms with Gasteiger partial charge in [-0.15, -0.1) is 0 Å². The minimum atomic E-state index is -2.87. The minimum Gasteiger partial charge on any atom is -0.435 e. The van der Waals surface area contributed by atoms with Crippen LogP contribution < -0.4 is 10.1 Å². The normalized spacial score (nSPS) is 12.3. The molecular weight excluding hydrogens is 384 g/mol. The summed E-state index contributed by atoms with van der Waals surface area (Å²) < 4.78 is 28.8. The third kappa shape index (κ3) is 5.45. The number of rotatable bonds is 9. The highest BCUT2D eigenvalue weighted by Crippen LogP contribution is 2.21. The number of aromatic nitrogens is 2. The van der Waals surface area contributed by atoms with Crippen LogP contribution in [0.1, 0.15) is 23.9 Å². The number of carbonyl (C=O) groups excluding carboxylic acids is 1. The van der Waals surface area contributed by atoms with Crippen molar-refractivity contribution in [1.82, 2.24) is 15.3 Å². The molecule has 1 heterocycles. The van der Waals surface area contributed by atoms with Crippen LogP contribution in [0.15, 0.2) is 48.5 Å². The SMILES string of the molecule is CSCC[C@@H](NC(=O)Cc1ccc(OC(F)F)cc1)c1nc2ccccc2[nH]1. The lowest BCUT2D eigenvalue weighted by Crippen LogP contribution is -2.31. The third-order valence-electron chi connectivity index (χ3n) is 4.20. The average molecular weight is 405 g/mol. The first-order chi connectivity index (χ1) is 13.5. The molecule has 0 aliphatic rings. The van der Waals surface area contributed by atoms with Gasteiger partial charge in [-0.25, -0.2) is 4.98 Å². The molecule has 0 fully saturated rings. The number of imidazole rings is 1. The van der Waals surface area contributed by atoms with Gasteiger partial charge in [-0.1, -0.05) is 24.3 Å². The molecule has 1 aromatic heterocycles. The van der Waals surface area contributed by atoms with Crippen molar-refractivity contribution in [3.8, 4) is 5.75 Å². The summed E-state index contributed by atoms with van der Waals surface area (Å²) in [5.74, 6) is 1.51. The fraction of sp³-hybridized carbons (Fsp3) is 0.300. The molecule has 1 amide bonds. The van der Waals surface area contributed by atoms with Gasteiger partial charge < -0.3 is 15.0 Å². The molecule has 3 rings (SSSR count). The van der Waals surface area contributed by atoms with Gasteiger partial charge in [-0.3, -0.25) is 4.79 Å². The van der Waals surface area contributed by atoms with Crippen LogP contribution in [0.2, 0.25) is 0 Å². The Bertz CT molecular complexity index is 882. The van der Waals surface area contributed by atoms with Crippen molar-refractivity contribution >= 4 is 28.7 Å². The number of carbonyl (C=O) groups is 1. The number of para-hydroxylation sites is 2. The summed E-state index contributed by atoms with van der Waals surface area (Å²) in [7, 11) is 0. The van der Waals surface area contributed by atoms with Gasteiger partial charge in [-0.2, -0.15) is 20.5 Å². The smallest absolute Gasteiger partial charge is 0.387 e. The first-order valence-corrected chi connectivity index (χ1v) is 10.2. The van der Waals surface area contributed by atoms with Crippen molar-refractivity contribution in [2.75, 3.05) is 12.0 Å². The Kier molecular flexibility index (Phi) is 6.86. The van der Waals surface area contributed by atoms with Crippen molar-refractivity contribution in [3.63, 3.8) is 0 Å². The van der Waals surface area contributed by atoms with E-state index in [9.17, 15) is 13.6 Å². The van der Waals surface area contributed by atoms with Crippen LogP contribution in [-0.2, 0) is 11.2 Å². The molecule has 0 spiro atoms. The average Bonchev–Trinajstić information content (AvgIpc) is 3.10. The summed E-state index contributed by atoms with van der Waals surface area (Å²) in [5.41, 5.74) is 2.50. The molecule has 3 aromatic rings. The summed E-state index contributed by atoms with van der Waals surface area (Å²) in [4.78, 5) is 20.4. The molecule has 0 bridgehead atoms. The van der Waals surface area contributed by atoms with Crippen LogP contribution in [0, 0.1) is 0 Å². The number of H-pyrrole nitrogens is 1. The lowest BCUT2D eigenvalue weighted by atomic mass is 10.1. The fourth-order valence-corrected chi connectivity index (χ4v) is 3.34. The molecule has 2 N–H and O–H groups in total. The Morgan fingerprint density at radius 3 is 2.64 bits per heavy atom. The van der Waals surface area contributed by atoms with Gasteiger partial charge in [0.1, 0.15) is 11.6 Å². The lowest BCUT2D eigenvalue weighted by molar-refractivity contribution is -0.121. The van der Waals surface area contributed by atoms with E-state index in [4.69, 9.17) is 0 Å². The maximum atomic E-state index is 12.5. The van der Waals surface area contributed by atoms with Crippen molar-refractivity contribution in [1.29, 1.82) is 0 Å². The standard InChI is InChI=1S/C20H21F2N3O2S/c1-28-11-10-17(19-24-15-4-2-3-5-16(15)25-19)23-18(26)12-13-6-8-14(9-7-13)27-20(21)22/h2-9,17,20H,10-12H2,1H3,(H,23,26)(H,24,25)/t17-/m1/s1. The Balaban J connectivity index is 1.67. The molecule has 0 aliphatic carbocycles. The Labute approximate surface area is 165 Å². The molecular formula is C20H21F2N3O2S. The summed E-state index contributed by atoms with van der Waals surface area (Å²) in [6, 6.07) is 13.6. The number of hydrogen-bond acceptors (Lipinski definition) is 4. The number of alkyl halides is 2. The number of nitrogens with zero attached hydrogens (tertiary/aromatic N) is 1. The highest BCUT2D eigenvalue weighted by molar-refractivity contribution is 7.98.